The predicted molar refractivity (Wildman–Crippen MR) is 97.0 cm³/mol. The zero-order chi connectivity index (χ0) is 16.7. The number of nitrogens with two attached hydrogens (primary N) is 1. The highest BCUT2D eigenvalue weighted by atomic mass is 16.5. The van der Waals surface area contributed by atoms with Gasteiger partial charge in [0.2, 0.25) is 0 Å². The zero-order valence-corrected chi connectivity index (χ0v) is 14.0. The molecule has 0 aliphatic carbocycles. The first-order valence-electron chi connectivity index (χ1n) is 8.28. The van der Waals surface area contributed by atoms with Crippen molar-refractivity contribution in [2.45, 2.75) is 19.9 Å². The summed E-state index contributed by atoms with van der Waals surface area (Å²) in [7, 11) is 0. The number of pyridine rings is 1. The van der Waals surface area contributed by atoms with Crippen LogP contribution < -0.4 is 16.0 Å². The fraction of sp³-hybridized carbons (Fsp3) is 0.316. The van der Waals surface area contributed by atoms with Crippen LogP contribution in [0.2, 0.25) is 0 Å². The molecular formula is C19H22N4O. The maximum absolute atomic E-state index is 5.89. The minimum Gasteiger partial charge on any atom is -0.398 e. The molecule has 0 radical (unpaired) electrons. The maximum Gasteiger partial charge on any atom is 0.0890 e. The molecule has 1 fully saturated rings. The Hall–Kier alpha value is -2.53. The van der Waals surface area contributed by atoms with E-state index >= 15 is 0 Å². The van der Waals surface area contributed by atoms with E-state index < -0.39 is 0 Å². The van der Waals surface area contributed by atoms with Crippen LogP contribution in [0.5, 0.6) is 0 Å². The minimum atomic E-state index is 0.302. The van der Waals surface area contributed by atoms with Crippen molar-refractivity contribution in [2.24, 2.45) is 5.73 Å². The second-order valence-electron chi connectivity index (χ2n) is 6.46. The van der Waals surface area contributed by atoms with Crippen molar-refractivity contribution < 1.29 is 4.74 Å². The van der Waals surface area contributed by atoms with E-state index in [-0.39, 0.29) is 0 Å². The van der Waals surface area contributed by atoms with Crippen LogP contribution >= 0.6 is 0 Å². The second-order valence-corrected chi connectivity index (χ2v) is 6.46. The number of ether oxygens (including phenoxy) is 1. The van der Waals surface area contributed by atoms with Crippen molar-refractivity contribution in [2.75, 3.05) is 24.7 Å². The fourth-order valence-corrected chi connectivity index (χ4v) is 3.47. The van der Waals surface area contributed by atoms with Crippen LogP contribution in [0, 0.1) is 0 Å². The molecule has 24 heavy (non-hydrogen) atoms. The molecule has 1 aromatic heterocycles. The van der Waals surface area contributed by atoms with Gasteiger partial charge in [0.25, 0.3) is 0 Å². The Morgan fingerprint density at radius 1 is 1.33 bits per heavy atom. The molecule has 5 nitrogen and oxygen atoms in total. The van der Waals surface area contributed by atoms with Gasteiger partial charge < -0.3 is 20.7 Å². The zero-order valence-electron chi connectivity index (χ0n) is 14.0. The van der Waals surface area contributed by atoms with E-state index in [1.165, 1.54) is 11.3 Å². The Morgan fingerprint density at radius 2 is 2.21 bits per heavy atom. The quantitative estimate of drug-likeness (QED) is 0.831. The standard InChI is InChI=1S/C19H22N4O/c1-12-3-4-15(20)10-22-18(12)14-8-17-19(21-9-14)13(2)7-16-11-24-6-5-23(16)17/h3-4,7-10,16,22H,5-6,11,20H2,1-2H3/t16-/m0/s1. The van der Waals surface area contributed by atoms with Crippen molar-refractivity contribution in [3.05, 3.63) is 59.2 Å². The summed E-state index contributed by atoms with van der Waals surface area (Å²) < 4.78 is 5.64. The van der Waals surface area contributed by atoms with Gasteiger partial charge in [-0.3, -0.25) is 4.98 Å². The molecule has 0 bridgehead atoms. The molecule has 3 aliphatic rings. The molecule has 0 spiro atoms. The lowest BCUT2D eigenvalue weighted by Gasteiger charge is -2.40. The Kier molecular flexibility index (Phi) is 3.65. The fourth-order valence-electron chi connectivity index (χ4n) is 3.47. The summed E-state index contributed by atoms with van der Waals surface area (Å²) in [6.07, 6.45) is 9.96. The lowest BCUT2D eigenvalue weighted by atomic mass is 9.98. The number of hydrogen-bond donors (Lipinski definition) is 2. The van der Waals surface area contributed by atoms with Gasteiger partial charge in [0.1, 0.15) is 0 Å². The number of fused-ring (bicyclic) bond motifs is 3. The van der Waals surface area contributed by atoms with Gasteiger partial charge in [0.15, 0.2) is 0 Å². The molecule has 1 aromatic rings. The maximum atomic E-state index is 5.89. The monoisotopic (exact) mass is 322 g/mol. The number of aromatic nitrogens is 1. The summed E-state index contributed by atoms with van der Waals surface area (Å²) in [6.45, 7) is 6.59. The number of rotatable bonds is 1. The number of morpholine rings is 1. The van der Waals surface area contributed by atoms with E-state index in [9.17, 15) is 0 Å². The first-order valence-corrected chi connectivity index (χ1v) is 8.28. The third kappa shape index (κ3) is 2.51. The van der Waals surface area contributed by atoms with Gasteiger partial charge in [-0.1, -0.05) is 12.2 Å². The van der Waals surface area contributed by atoms with E-state index in [2.05, 4.69) is 36.2 Å². The van der Waals surface area contributed by atoms with Gasteiger partial charge in [-0.25, -0.2) is 0 Å². The van der Waals surface area contributed by atoms with Gasteiger partial charge in [-0.05, 0) is 37.1 Å². The second kappa shape index (κ2) is 5.83. The van der Waals surface area contributed by atoms with Crippen LogP contribution in [0.15, 0.2) is 48.0 Å². The summed E-state index contributed by atoms with van der Waals surface area (Å²) >= 11 is 0. The molecule has 3 aliphatic heterocycles. The minimum absolute atomic E-state index is 0.302. The van der Waals surface area contributed by atoms with Crippen LogP contribution in [-0.2, 0) is 4.74 Å². The SMILES string of the molecule is CC1=C[C@H]2COCCN2c2cc(C3=C(C)C=CC(N)=CN3)cnc21. The average molecular weight is 322 g/mol. The van der Waals surface area contributed by atoms with Crippen molar-refractivity contribution in [1.29, 1.82) is 0 Å². The van der Waals surface area contributed by atoms with Crippen LogP contribution in [0.1, 0.15) is 25.1 Å². The Labute approximate surface area is 142 Å². The van der Waals surface area contributed by atoms with Crippen molar-refractivity contribution in [3.63, 3.8) is 0 Å². The highest BCUT2D eigenvalue weighted by Crippen LogP contribution is 2.35. The summed E-state index contributed by atoms with van der Waals surface area (Å²) in [5.41, 5.74) is 13.3. The molecule has 4 heterocycles. The number of hydrogen-bond acceptors (Lipinski definition) is 5. The number of allylic oxidation sites excluding steroid dienone is 4. The Balaban J connectivity index is 1.79. The topological polar surface area (TPSA) is 63.4 Å². The molecular weight excluding hydrogens is 300 g/mol. The summed E-state index contributed by atoms with van der Waals surface area (Å²) in [4.78, 5) is 7.15. The van der Waals surface area contributed by atoms with E-state index in [0.29, 0.717) is 11.7 Å². The number of nitrogens with zero attached hydrogens (tertiary/aromatic N) is 2. The Morgan fingerprint density at radius 3 is 3.08 bits per heavy atom. The normalized spacial score (nSPS) is 22.9. The third-order valence-electron chi connectivity index (χ3n) is 4.75. The van der Waals surface area contributed by atoms with E-state index in [1.54, 1.807) is 0 Å². The summed E-state index contributed by atoms with van der Waals surface area (Å²) in [6, 6.07) is 2.53. The van der Waals surface area contributed by atoms with E-state index in [0.717, 1.165) is 42.3 Å². The molecule has 5 heteroatoms. The Bertz CT molecular complexity index is 804. The number of anilines is 1. The molecule has 1 atom stereocenters. The first kappa shape index (κ1) is 15.0. The van der Waals surface area contributed by atoms with E-state index in [4.69, 9.17) is 15.5 Å². The van der Waals surface area contributed by atoms with Crippen molar-refractivity contribution in [3.8, 4) is 0 Å². The van der Waals surface area contributed by atoms with Gasteiger partial charge in [0.05, 0.1) is 30.6 Å². The largest absolute Gasteiger partial charge is 0.398 e. The van der Waals surface area contributed by atoms with Gasteiger partial charge in [-0.2, -0.15) is 0 Å². The molecule has 0 aromatic carbocycles. The van der Waals surface area contributed by atoms with Crippen LogP contribution in [0.3, 0.4) is 0 Å². The first-order chi connectivity index (χ1) is 11.6. The molecule has 4 rings (SSSR count). The molecule has 0 unspecified atom stereocenters. The van der Waals surface area contributed by atoms with Gasteiger partial charge in [0, 0.05) is 35.9 Å². The molecule has 124 valence electrons. The number of nitrogens with one attached hydrogen (secondary N) is 1. The van der Waals surface area contributed by atoms with Crippen LogP contribution in [-0.4, -0.2) is 30.8 Å². The molecule has 1 saturated heterocycles. The third-order valence-corrected chi connectivity index (χ3v) is 4.75. The van der Waals surface area contributed by atoms with Crippen LogP contribution in [0.25, 0.3) is 11.3 Å². The highest BCUT2D eigenvalue weighted by molar-refractivity contribution is 5.81. The lowest BCUT2D eigenvalue weighted by molar-refractivity contribution is 0.105. The smallest absolute Gasteiger partial charge is 0.0890 e. The molecule has 0 saturated carbocycles. The van der Waals surface area contributed by atoms with Crippen molar-refractivity contribution in [1.82, 2.24) is 10.3 Å². The van der Waals surface area contributed by atoms with Gasteiger partial charge in [-0.15, -0.1) is 0 Å². The summed E-state index contributed by atoms with van der Waals surface area (Å²) in [5.74, 6) is 0. The lowest BCUT2D eigenvalue weighted by Crippen LogP contribution is -2.46. The van der Waals surface area contributed by atoms with E-state index in [1.807, 2.05) is 24.5 Å². The van der Waals surface area contributed by atoms with Crippen LogP contribution in [0.4, 0.5) is 5.69 Å². The molecule has 3 N–H and O–H groups in total. The molecule has 0 amide bonds. The predicted octanol–water partition coefficient (Wildman–Crippen LogP) is 2.39. The average Bonchev–Trinajstić information content (AvgIpc) is 2.76. The van der Waals surface area contributed by atoms with Crippen molar-refractivity contribution >= 4 is 17.0 Å². The van der Waals surface area contributed by atoms with Gasteiger partial charge >= 0.3 is 0 Å². The highest BCUT2D eigenvalue weighted by Gasteiger charge is 2.29. The summed E-state index contributed by atoms with van der Waals surface area (Å²) in [5, 5.41) is 3.32.